The third-order valence-electron chi connectivity index (χ3n) is 5.04. The summed E-state index contributed by atoms with van der Waals surface area (Å²) in [5, 5.41) is 12.1. The number of rotatable bonds is 5. The second-order valence-electron chi connectivity index (χ2n) is 6.55. The Labute approximate surface area is 138 Å². The first-order valence-corrected chi connectivity index (χ1v) is 8.56. The van der Waals surface area contributed by atoms with E-state index in [-0.39, 0.29) is 23.2 Å². The second-order valence-corrected chi connectivity index (χ2v) is 7.47. The zero-order valence-electron chi connectivity index (χ0n) is 12.3. The molecule has 0 saturated heterocycles. The molecule has 0 aromatic heterocycles. The van der Waals surface area contributed by atoms with Crippen LogP contribution in [0, 0.1) is 11.8 Å². The number of amides is 1. The molecule has 0 spiro atoms. The summed E-state index contributed by atoms with van der Waals surface area (Å²) in [7, 11) is 0. The Balaban J connectivity index is 1.56. The predicted molar refractivity (Wildman–Crippen MR) is 86.5 cm³/mol. The summed E-state index contributed by atoms with van der Waals surface area (Å²) in [6.45, 7) is 0.649. The van der Waals surface area contributed by atoms with Gasteiger partial charge in [-0.3, -0.25) is 9.59 Å². The standard InChI is InChI=1S/C17H20BrNO3/c18-14-3-1-2-13(9-14)17(6-7-17)10-19-15(20)11-4-5-12(8-11)16(21)22/h1-3,9,11-12H,4-8,10H2,(H,19,20)(H,21,22)/t11-,12+/m0/s1. The van der Waals surface area contributed by atoms with Crippen LogP contribution in [0.15, 0.2) is 28.7 Å². The molecule has 1 aromatic carbocycles. The van der Waals surface area contributed by atoms with E-state index in [9.17, 15) is 9.59 Å². The van der Waals surface area contributed by atoms with E-state index in [4.69, 9.17) is 5.11 Å². The summed E-state index contributed by atoms with van der Waals surface area (Å²) in [5.41, 5.74) is 1.33. The molecule has 2 saturated carbocycles. The number of hydrogen-bond acceptors (Lipinski definition) is 2. The molecular weight excluding hydrogens is 346 g/mol. The van der Waals surface area contributed by atoms with Gasteiger partial charge in [0.05, 0.1) is 5.92 Å². The predicted octanol–water partition coefficient (Wildman–Crippen LogP) is 3.10. The summed E-state index contributed by atoms with van der Waals surface area (Å²) in [6, 6.07) is 8.26. The summed E-state index contributed by atoms with van der Waals surface area (Å²) in [4.78, 5) is 23.3. The minimum atomic E-state index is -0.775. The van der Waals surface area contributed by atoms with Crippen molar-refractivity contribution >= 4 is 27.8 Å². The van der Waals surface area contributed by atoms with Crippen LogP contribution in [-0.2, 0) is 15.0 Å². The van der Waals surface area contributed by atoms with Crippen LogP contribution in [0.3, 0.4) is 0 Å². The molecule has 22 heavy (non-hydrogen) atoms. The fourth-order valence-electron chi connectivity index (χ4n) is 3.38. The smallest absolute Gasteiger partial charge is 0.306 e. The highest BCUT2D eigenvalue weighted by molar-refractivity contribution is 9.10. The van der Waals surface area contributed by atoms with Gasteiger partial charge in [-0.15, -0.1) is 0 Å². The van der Waals surface area contributed by atoms with E-state index < -0.39 is 5.97 Å². The average molecular weight is 366 g/mol. The van der Waals surface area contributed by atoms with Crippen molar-refractivity contribution < 1.29 is 14.7 Å². The van der Waals surface area contributed by atoms with Crippen molar-refractivity contribution in [3.8, 4) is 0 Å². The molecule has 2 atom stereocenters. The molecule has 2 aliphatic rings. The molecule has 0 radical (unpaired) electrons. The number of carboxylic acids is 1. The number of aliphatic carboxylic acids is 1. The average Bonchev–Trinajstić information content (AvgIpc) is 3.11. The maximum absolute atomic E-state index is 12.3. The molecule has 0 heterocycles. The van der Waals surface area contributed by atoms with Gasteiger partial charge in [-0.1, -0.05) is 28.1 Å². The highest BCUT2D eigenvalue weighted by Crippen LogP contribution is 2.48. The van der Waals surface area contributed by atoms with Crippen molar-refractivity contribution in [1.29, 1.82) is 0 Å². The van der Waals surface area contributed by atoms with E-state index in [1.807, 2.05) is 12.1 Å². The lowest BCUT2D eigenvalue weighted by Gasteiger charge is -2.18. The lowest BCUT2D eigenvalue weighted by molar-refractivity contribution is -0.141. The first-order valence-electron chi connectivity index (χ1n) is 7.77. The van der Waals surface area contributed by atoms with Gasteiger partial charge in [-0.2, -0.15) is 0 Å². The normalized spacial score (nSPS) is 25.7. The Bertz CT molecular complexity index is 597. The van der Waals surface area contributed by atoms with E-state index in [1.54, 1.807) is 0 Å². The Hall–Kier alpha value is -1.36. The highest BCUT2D eigenvalue weighted by atomic mass is 79.9. The van der Waals surface area contributed by atoms with Crippen LogP contribution in [-0.4, -0.2) is 23.5 Å². The van der Waals surface area contributed by atoms with Crippen LogP contribution >= 0.6 is 15.9 Å². The molecule has 2 aliphatic carbocycles. The van der Waals surface area contributed by atoms with Gasteiger partial charge in [0.2, 0.25) is 5.91 Å². The Morgan fingerprint density at radius 1 is 1.27 bits per heavy atom. The number of halogens is 1. The van der Waals surface area contributed by atoms with Crippen molar-refractivity contribution in [2.75, 3.05) is 6.54 Å². The zero-order chi connectivity index (χ0) is 15.7. The molecule has 2 fully saturated rings. The number of benzene rings is 1. The first kappa shape index (κ1) is 15.5. The maximum atomic E-state index is 12.3. The highest BCUT2D eigenvalue weighted by Gasteiger charge is 2.45. The lowest BCUT2D eigenvalue weighted by atomic mass is 9.95. The molecule has 1 amide bonds. The van der Waals surface area contributed by atoms with E-state index >= 15 is 0 Å². The Morgan fingerprint density at radius 3 is 2.59 bits per heavy atom. The SMILES string of the molecule is O=C(O)[C@@H]1CC[C@H](C(=O)NCC2(c3cccc(Br)c3)CC2)C1. The van der Waals surface area contributed by atoms with Crippen LogP contribution in [0.1, 0.15) is 37.7 Å². The van der Waals surface area contributed by atoms with Crippen molar-refractivity contribution in [3.05, 3.63) is 34.3 Å². The van der Waals surface area contributed by atoms with Crippen LogP contribution in [0.4, 0.5) is 0 Å². The molecule has 0 aliphatic heterocycles. The first-order chi connectivity index (χ1) is 10.5. The van der Waals surface area contributed by atoms with E-state index in [0.29, 0.717) is 25.8 Å². The number of hydrogen-bond donors (Lipinski definition) is 2. The monoisotopic (exact) mass is 365 g/mol. The molecule has 0 unspecified atom stereocenters. The number of carbonyl (C=O) groups is 2. The minimum Gasteiger partial charge on any atom is -0.481 e. The van der Waals surface area contributed by atoms with Gasteiger partial charge >= 0.3 is 5.97 Å². The van der Waals surface area contributed by atoms with Crippen LogP contribution < -0.4 is 5.32 Å². The Morgan fingerprint density at radius 2 is 2.00 bits per heavy atom. The minimum absolute atomic E-state index is 0.0185. The van der Waals surface area contributed by atoms with Gasteiger partial charge in [-0.05, 0) is 49.8 Å². The van der Waals surface area contributed by atoms with Gasteiger partial charge in [0.1, 0.15) is 0 Å². The molecule has 2 N–H and O–H groups in total. The zero-order valence-corrected chi connectivity index (χ0v) is 13.9. The van der Waals surface area contributed by atoms with E-state index in [2.05, 4.69) is 33.4 Å². The molecule has 118 valence electrons. The van der Waals surface area contributed by atoms with Gasteiger partial charge in [0.15, 0.2) is 0 Å². The molecule has 3 rings (SSSR count). The fourth-order valence-corrected chi connectivity index (χ4v) is 3.78. The number of carbonyl (C=O) groups excluding carboxylic acids is 1. The number of carboxylic acid groups (broad SMARTS) is 1. The number of nitrogens with one attached hydrogen (secondary N) is 1. The van der Waals surface area contributed by atoms with Crippen molar-refractivity contribution in [3.63, 3.8) is 0 Å². The Kier molecular flexibility index (Phi) is 4.26. The topological polar surface area (TPSA) is 66.4 Å². The summed E-state index contributed by atoms with van der Waals surface area (Å²) >= 11 is 3.49. The third-order valence-corrected chi connectivity index (χ3v) is 5.54. The van der Waals surface area contributed by atoms with E-state index in [1.165, 1.54) is 5.56 Å². The van der Waals surface area contributed by atoms with Gasteiger partial charge in [0.25, 0.3) is 0 Å². The maximum Gasteiger partial charge on any atom is 0.306 e. The second kappa shape index (κ2) is 6.03. The quantitative estimate of drug-likeness (QED) is 0.842. The van der Waals surface area contributed by atoms with Crippen molar-refractivity contribution in [2.24, 2.45) is 11.8 Å². The lowest BCUT2D eigenvalue weighted by Crippen LogP contribution is -2.36. The van der Waals surface area contributed by atoms with Crippen LogP contribution in [0.25, 0.3) is 0 Å². The van der Waals surface area contributed by atoms with Crippen molar-refractivity contribution in [1.82, 2.24) is 5.32 Å². The summed E-state index contributed by atoms with van der Waals surface area (Å²) < 4.78 is 1.06. The van der Waals surface area contributed by atoms with E-state index in [0.717, 1.165) is 17.3 Å². The molecule has 5 heteroatoms. The third kappa shape index (κ3) is 3.19. The summed E-state index contributed by atoms with van der Waals surface area (Å²) in [5.74, 6) is -1.25. The molecule has 0 bridgehead atoms. The van der Waals surface area contributed by atoms with Gasteiger partial charge in [-0.25, -0.2) is 0 Å². The molecule has 4 nitrogen and oxygen atoms in total. The fraction of sp³-hybridized carbons (Fsp3) is 0.529. The van der Waals surface area contributed by atoms with Gasteiger partial charge < -0.3 is 10.4 Å². The van der Waals surface area contributed by atoms with Crippen molar-refractivity contribution in [2.45, 2.75) is 37.5 Å². The largest absolute Gasteiger partial charge is 0.481 e. The van der Waals surface area contributed by atoms with Crippen LogP contribution in [0.5, 0.6) is 0 Å². The summed E-state index contributed by atoms with van der Waals surface area (Å²) in [6.07, 6.45) is 3.96. The molecular formula is C17H20BrNO3. The van der Waals surface area contributed by atoms with Crippen LogP contribution in [0.2, 0.25) is 0 Å². The molecule has 1 aromatic rings. The van der Waals surface area contributed by atoms with Gasteiger partial charge in [0, 0.05) is 22.4 Å².